The zero-order valence-electron chi connectivity index (χ0n) is 9.76. The average Bonchev–Trinajstić information content (AvgIpc) is 2.20. The summed E-state index contributed by atoms with van der Waals surface area (Å²) in [7, 11) is 1.76. The van der Waals surface area contributed by atoms with Gasteiger partial charge in [-0.3, -0.25) is 4.84 Å². The lowest BCUT2D eigenvalue weighted by atomic mass is 9.94. The predicted octanol–water partition coefficient (Wildman–Crippen LogP) is 2.54. The van der Waals surface area contributed by atoms with Crippen molar-refractivity contribution in [3.63, 3.8) is 0 Å². The largest absolute Gasteiger partial charge is 0.373 e. The Kier molecular flexibility index (Phi) is 11.5. The Morgan fingerprint density at radius 1 is 1.00 bits per heavy atom. The fourth-order valence-corrected chi connectivity index (χ4v) is 1.46. The molecule has 0 aromatic heterocycles. The Morgan fingerprint density at radius 3 is 1.86 bits per heavy atom. The Morgan fingerprint density at radius 2 is 1.50 bits per heavy atom. The van der Waals surface area contributed by atoms with Crippen molar-refractivity contribution >= 4 is 12.4 Å². The summed E-state index contributed by atoms with van der Waals surface area (Å²) in [6.45, 7) is 7.79. The van der Waals surface area contributed by atoms with E-state index in [1.165, 1.54) is 0 Å². The lowest BCUT2D eigenvalue weighted by Gasteiger charge is -2.30. The average molecular weight is 226 g/mol. The third kappa shape index (κ3) is 5.81. The van der Waals surface area contributed by atoms with Crippen molar-refractivity contribution in [1.29, 1.82) is 0 Å². The molecule has 0 fully saturated rings. The molecule has 0 saturated heterocycles. The summed E-state index contributed by atoms with van der Waals surface area (Å²) in [6, 6.07) is 0. The number of nitrogens with one attached hydrogen (secondary N) is 1. The minimum absolute atomic E-state index is 0. The highest BCUT2D eigenvalue weighted by Gasteiger charge is 2.23. The van der Waals surface area contributed by atoms with Crippen LogP contribution in [0.5, 0.6) is 0 Å². The summed E-state index contributed by atoms with van der Waals surface area (Å²) in [5.41, 5.74) is 2.69. The molecule has 0 rings (SSSR count). The number of hydroxylamine groups is 1. The molecule has 0 saturated carbocycles. The van der Waals surface area contributed by atoms with E-state index in [-0.39, 0.29) is 18.0 Å². The van der Waals surface area contributed by atoms with E-state index in [0.717, 1.165) is 19.3 Å². The molecule has 4 heteroatoms. The monoisotopic (exact) mass is 225 g/mol. The fraction of sp³-hybridized carbons (Fsp3) is 1.00. The molecule has 14 heavy (non-hydrogen) atoms. The molecule has 1 N–H and O–H groups in total. The van der Waals surface area contributed by atoms with Crippen molar-refractivity contribution in [3.05, 3.63) is 0 Å². The molecular formula is C10H24ClNO2. The van der Waals surface area contributed by atoms with Gasteiger partial charge in [-0.25, -0.2) is 5.48 Å². The highest BCUT2D eigenvalue weighted by atomic mass is 35.5. The van der Waals surface area contributed by atoms with Crippen LogP contribution in [0, 0.1) is 0 Å². The smallest absolute Gasteiger partial charge is 0.0916 e. The summed E-state index contributed by atoms with van der Waals surface area (Å²) in [5.74, 6) is 0. The molecule has 0 spiro atoms. The van der Waals surface area contributed by atoms with Crippen LogP contribution in [0.1, 0.15) is 40.0 Å². The maximum atomic E-state index is 5.81. The first-order chi connectivity index (χ1) is 6.24. The van der Waals surface area contributed by atoms with E-state index in [1.807, 2.05) is 0 Å². The van der Waals surface area contributed by atoms with Crippen LogP contribution in [0.25, 0.3) is 0 Å². The molecule has 0 aliphatic carbocycles. The van der Waals surface area contributed by atoms with E-state index < -0.39 is 0 Å². The van der Waals surface area contributed by atoms with Crippen molar-refractivity contribution in [2.45, 2.75) is 45.6 Å². The van der Waals surface area contributed by atoms with Gasteiger partial charge in [0.15, 0.2) is 0 Å². The fourth-order valence-electron chi connectivity index (χ4n) is 1.46. The molecule has 0 unspecified atom stereocenters. The van der Waals surface area contributed by atoms with Crippen molar-refractivity contribution in [2.24, 2.45) is 0 Å². The number of hydrogen-bond donors (Lipinski definition) is 1. The van der Waals surface area contributed by atoms with Crippen LogP contribution >= 0.6 is 12.4 Å². The molecule has 3 nitrogen and oxygen atoms in total. The zero-order chi connectivity index (χ0) is 10.2. The molecule has 0 atom stereocenters. The normalized spacial score (nSPS) is 11.1. The van der Waals surface area contributed by atoms with Gasteiger partial charge < -0.3 is 4.74 Å². The Balaban J connectivity index is 0. The quantitative estimate of drug-likeness (QED) is 0.509. The van der Waals surface area contributed by atoms with Crippen molar-refractivity contribution in [2.75, 3.05) is 20.3 Å². The summed E-state index contributed by atoms with van der Waals surface area (Å²) in [4.78, 5) is 4.99. The third-order valence-corrected chi connectivity index (χ3v) is 2.67. The van der Waals surface area contributed by atoms with Crippen LogP contribution < -0.4 is 5.48 Å². The van der Waals surface area contributed by atoms with Gasteiger partial charge in [0.25, 0.3) is 0 Å². The molecule has 0 aromatic rings. The molecule has 0 aliphatic heterocycles. The summed E-state index contributed by atoms with van der Waals surface area (Å²) in [5, 5.41) is 0. The van der Waals surface area contributed by atoms with E-state index in [0.29, 0.717) is 13.2 Å². The van der Waals surface area contributed by atoms with Crippen LogP contribution in [0.2, 0.25) is 0 Å². The van der Waals surface area contributed by atoms with Crippen molar-refractivity contribution < 1.29 is 9.57 Å². The molecule has 0 aromatic carbocycles. The van der Waals surface area contributed by atoms with Gasteiger partial charge in [0.1, 0.15) is 0 Å². The molecule has 88 valence electrons. The molecule has 0 radical (unpaired) electrons. The van der Waals surface area contributed by atoms with E-state index in [9.17, 15) is 0 Å². The van der Waals surface area contributed by atoms with Gasteiger partial charge >= 0.3 is 0 Å². The highest BCUT2D eigenvalue weighted by molar-refractivity contribution is 5.85. The van der Waals surface area contributed by atoms with E-state index in [2.05, 4.69) is 26.3 Å². The lowest BCUT2D eigenvalue weighted by molar-refractivity contribution is -0.0852. The molecule has 0 aliphatic rings. The van der Waals surface area contributed by atoms with Crippen LogP contribution in [-0.4, -0.2) is 25.9 Å². The van der Waals surface area contributed by atoms with E-state index >= 15 is 0 Å². The molecular weight excluding hydrogens is 202 g/mol. The second kappa shape index (κ2) is 9.71. The second-order valence-electron chi connectivity index (χ2n) is 3.14. The van der Waals surface area contributed by atoms with Gasteiger partial charge in [-0.15, -0.1) is 12.4 Å². The van der Waals surface area contributed by atoms with Gasteiger partial charge in [-0.1, -0.05) is 20.8 Å². The lowest BCUT2D eigenvalue weighted by Crippen LogP contribution is -2.32. The highest BCUT2D eigenvalue weighted by Crippen LogP contribution is 2.23. The molecule has 0 amide bonds. The van der Waals surface area contributed by atoms with Crippen molar-refractivity contribution in [1.82, 2.24) is 5.48 Å². The van der Waals surface area contributed by atoms with Gasteiger partial charge in [0, 0.05) is 7.05 Å². The third-order valence-electron chi connectivity index (χ3n) is 2.67. The van der Waals surface area contributed by atoms with Crippen LogP contribution in [0.3, 0.4) is 0 Å². The zero-order valence-corrected chi connectivity index (χ0v) is 10.6. The summed E-state index contributed by atoms with van der Waals surface area (Å²) < 4.78 is 5.81. The number of rotatable bonds is 8. The van der Waals surface area contributed by atoms with Crippen molar-refractivity contribution in [3.8, 4) is 0 Å². The van der Waals surface area contributed by atoms with Crippen LogP contribution in [0.4, 0.5) is 0 Å². The first-order valence-corrected chi connectivity index (χ1v) is 5.17. The predicted molar refractivity (Wildman–Crippen MR) is 61.8 cm³/mol. The molecule has 0 bridgehead atoms. The van der Waals surface area contributed by atoms with Crippen LogP contribution in [0.15, 0.2) is 0 Å². The Labute approximate surface area is 93.9 Å². The standard InChI is InChI=1S/C10H23NO2.ClH/c1-5-10(6-2,7-3)12-8-9-13-11-4;/h11H,5-9H2,1-4H3;1H. The maximum Gasteiger partial charge on any atom is 0.0916 e. The minimum atomic E-state index is 0. The number of hydrogen-bond acceptors (Lipinski definition) is 3. The van der Waals surface area contributed by atoms with Gasteiger partial charge in [0.05, 0.1) is 18.8 Å². The maximum absolute atomic E-state index is 5.81. The second-order valence-corrected chi connectivity index (χ2v) is 3.14. The van der Waals surface area contributed by atoms with Gasteiger partial charge in [-0.05, 0) is 19.3 Å². The Hall–Kier alpha value is 0.170. The Bertz CT molecular complexity index is 110. The number of halogens is 1. The SMILES string of the molecule is CCC(CC)(CC)OCCONC.Cl. The number of ether oxygens (including phenoxy) is 1. The topological polar surface area (TPSA) is 30.5 Å². The minimum Gasteiger partial charge on any atom is -0.373 e. The summed E-state index contributed by atoms with van der Waals surface area (Å²) >= 11 is 0. The van der Waals surface area contributed by atoms with Gasteiger partial charge in [0.2, 0.25) is 0 Å². The van der Waals surface area contributed by atoms with E-state index in [1.54, 1.807) is 7.05 Å². The van der Waals surface area contributed by atoms with Gasteiger partial charge in [-0.2, -0.15) is 0 Å². The first kappa shape index (κ1) is 16.6. The first-order valence-electron chi connectivity index (χ1n) is 5.17. The summed E-state index contributed by atoms with van der Waals surface area (Å²) in [6.07, 6.45) is 3.21. The van der Waals surface area contributed by atoms with E-state index in [4.69, 9.17) is 9.57 Å². The molecule has 0 heterocycles. The van der Waals surface area contributed by atoms with Crippen LogP contribution in [-0.2, 0) is 9.57 Å².